The van der Waals surface area contributed by atoms with Gasteiger partial charge < -0.3 is 10.4 Å². The zero-order valence-corrected chi connectivity index (χ0v) is 10.1. The molecule has 0 aliphatic heterocycles. The van der Waals surface area contributed by atoms with Crippen molar-refractivity contribution in [3.8, 4) is 0 Å². The maximum absolute atomic E-state index is 11.6. The lowest BCUT2D eigenvalue weighted by atomic mass is 10.1. The lowest BCUT2D eigenvalue weighted by Gasteiger charge is -2.13. The van der Waals surface area contributed by atoms with Gasteiger partial charge in [0.15, 0.2) is 0 Å². The summed E-state index contributed by atoms with van der Waals surface area (Å²) in [5, 5.41) is 13.1. The lowest BCUT2D eigenvalue weighted by Crippen LogP contribution is -2.41. The van der Waals surface area contributed by atoms with Crippen LogP contribution < -0.4 is 5.32 Å². The van der Waals surface area contributed by atoms with E-state index in [-0.39, 0.29) is 11.8 Å². The molecule has 5 heteroatoms. The van der Waals surface area contributed by atoms with Gasteiger partial charge in [-0.1, -0.05) is 13.0 Å². The number of hydrogen-bond acceptors (Lipinski definition) is 3. The van der Waals surface area contributed by atoms with Crippen LogP contribution in [0.15, 0.2) is 17.5 Å². The van der Waals surface area contributed by atoms with E-state index in [9.17, 15) is 9.59 Å². The molecule has 2 atom stereocenters. The van der Waals surface area contributed by atoms with Crippen molar-refractivity contribution in [1.29, 1.82) is 0 Å². The van der Waals surface area contributed by atoms with Gasteiger partial charge in [-0.15, -0.1) is 11.3 Å². The summed E-state index contributed by atoms with van der Waals surface area (Å²) in [4.78, 5) is 23.3. The van der Waals surface area contributed by atoms with E-state index in [2.05, 4.69) is 5.32 Å². The molecule has 2 N–H and O–H groups in total. The zero-order valence-electron chi connectivity index (χ0n) is 9.27. The minimum atomic E-state index is -1.02. The largest absolute Gasteiger partial charge is 0.480 e. The number of hydrogen-bond donors (Lipinski definition) is 2. The summed E-state index contributed by atoms with van der Waals surface area (Å²) in [7, 11) is 0. The normalized spacial score (nSPS) is 14.1. The summed E-state index contributed by atoms with van der Waals surface area (Å²) in [5.74, 6) is -1.44. The third-order valence-electron chi connectivity index (χ3n) is 2.26. The van der Waals surface area contributed by atoms with Crippen LogP contribution in [-0.4, -0.2) is 23.0 Å². The third kappa shape index (κ3) is 3.66. The second-order valence-corrected chi connectivity index (χ2v) is 4.79. The Balaban J connectivity index is 2.45. The maximum atomic E-state index is 11.6. The van der Waals surface area contributed by atoms with E-state index in [1.165, 1.54) is 6.92 Å². The van der Waals surface area contributed by atoms with Crippen molar-refractivity contribution in [2.45, 2.75) is 26.3 Å². The van der Waals surface area contributed by atoms with Gasteiger partial charge in [-0.25, -0.2) is 0 Å². The van der Waals surface area contributed by atoms with Gasteiger partial charge >= 0.3 is 5.97 Å². The molecule has 88 valence electrons. The molecular weight excluding hydrogens is 226 g/mol. The maximum Gasteiger partial charge on any atom is 0.325 e. The highest BCUT2D eigenvalue weighted by atomic mass is 32.1. The van der Waals surface area contributed by atoms with Crippen molar-refractivity contribution < 1.29 is 14.7 Å². The van der Waals surface area contributed by atoms with Crippen LogP contribution in [0.2, 0.25) is 0 Å². The van der Waals surface area contributed by atoms with Crippen molar-refractivity contribution in [2.24, 2.45) is 5.92 Å². The molecule has 0 spiro atoms. The Morgan fingerprint density at radius 2 is 2.19 bits per heavy atom. The number of aliphatic carboxylic acids is 1. The summed E-state index contributed by atoms with van der Waals surface area (Å²) in [6.45, 7) is 3.25. The van der Waals surface area contributed by atoms with Gasteiger partial charge in [0.2, 0.25) is 5.91 Å². The van der Waals surface area contributed by atoms with E-state index in [1.54, 1.807) is 18.3 Å². The number of nitrogens with one attached hydrogen (secondary N) is 1. The smallest absolute Gasteiger partial charge is 0.325 e. The third-order valence-corrected chi connectivity index (χ3v) is 3.16. The summed E-state index contributed by atoms with van der Waals surface area (Å²) in [6.07, 6.45) is 0.649. The standard InChI is InChI=1S/C11H15NO3S/c1-7(6-9-4-3-5-16-9)10(13)12-8(2)11(14)15/h3-5,7-8H,6H2,1-2H3,(H,12,13)(H,14,15)/t7?,8-/m1/s1. The van der Waals surface area contributed by atoms with Gasteiger partial charge in [-0.3, -0.25) is 9.59 Å². The van der Waals surface area contributed by atoms with Crippen LogP contribution in [0.5, 0.6) is 0 Å². The Kier molecular flexibility index (Phi) is 4.49. The van der Waals surface area contributed by atoms with E-state index in [4.69, 9.17) is 5.11 Å². The number of carboxylic acids is 1. The zero-order chi connectivity index (χ0) is 12.1. The summed E-state index contributed by atoms with van der Waals surface area (Å²) < 4.78 is 0. The molecular formula is C11H15NO3S. The Morgan fingerprint density at radius 3 is 2.69 bits per heavy atom. The van der Waals surface area contributed by atoms with Crippen LogP contribution in [0.25, 0.3) is 0 Å². The molecule has 0 aliphatic carbocycles. The van der Waals surface area contributed by atoms with Crippen LogP contribution >= 0.6 is 11.3 Å². The van der Waals surface area contributed by atoms with Crippen molar-refractivity contribution in [3.63, 3.8) is 0 Å². The monoisotopic (exact) mass is 241 g/mol. The van der Waals surface area contributed by atoms with Crippen molar-refractivity contribution in [2.75, 3.05) is 0 Å². The first-order valence-corrected chi connectivity index (χ1v) is 5.94. The Morgan fingerprint density at radius 1 is 1.50 bits per heavy atom. The highest BCUT2D eigenvalue weighted by molar-refractivity contribution is 7.09. The molecule has 16 heavy (non-hydrogen) atoms. The van der Waals surface area contributed by atoms with Crippen LogP contribution in [0.4, 0.5) is 0 Å². The van der Waals surface area contributed by atoms with Gasteiger partial charge in [0.25, 0.3) is 0 Å². The van der Waals surface area contributed by atoms with Gasteiger partial charge in [-0.05, 0) is 24.8 Å². The van der Waals surface area contributed by atoms with Crippen molar-refractivity contribution in [3.05, 3.63) is 22.4 Å². The molecule has 0 bridgehead atoms. The second-order valence-electron chi connectivity index (χ2n) is 3.75. The number of carboxylic acid groups (broad SMARTS) is 1. The first kappa shape index (κ1) is 12.7. The first-order chi connectivity index (χ1) is 7.50. The topological polar surface area (TPSA) is 66.4 Å². The highest BCUT2D eigenvalue weighted by Crippen LogP contribution is 2.14. The van der Waals surface area contributed by atoms with Gasteiger partial charge in [0.1, 0.15) is 6.04 Å². The predicted molar refractivity (Wildman–Crippen MR) is 62.4 cm³/mol. The molecule has 1 heterocycles. The molecule has 0 saturated heterocycles. The average molecular weight is 241 g/mol. The SMILES string of the molecule is CC(Cc1cccs1)C(=O)N[C@H](C)C(=O)O. The van der Waals surface area contributed by atoms with E-state index < -0.39 is 12.0 Å². The quantitative estimate of drug-likeness (QED) is 0.821. The van der Waals surface area contributed by atoms with Crippen LogP contribution in [-0.2, 0) is 16.0 Å². The molecule has 1 amide bonds. The molecule has 0 saturated carbocycles. The van der Waals surface area contributed by atoms with E-state index in [0.717, 1.165) is 4.88 Å². The predicted octanol–water partition coefficient (Wildman–Crippen LogP) is 1.52. The number of carbonyl (C=O) groups is 2. The van der Waals surface area contributed by atoms with E-state index >= 15 is 0 Å². The first-order valence-electron chi connectivity index (χ1n) is 5.06. The van der Waals surface area contributed by atoms with Crippen molar-refractivity contribution in [1.82, 2.24) is 5.32 Å². The van der Waals surface area contributed by atoms with Crippen LogP contribution in [0.1, 0.15) is 18.7 Å². The number of thiophene rings is 1. The van der Waals surface area contributed by atoms with E-state index in [0.29, 0.717) is 6.42 Å². The summed E-state index contributed by atoms with van der Waals surface area (Å²) in [6, 6.07) is 3.07. The van der Waals surface area contributed by atoms with E-state index in [1.807, 2.05) is 17.5 Å². The molecule has 1 rings (SSSR count). The Labute approximate surface area is 98.3 Å². The molecule has 0 fully saturated rings. The molecule has 0 aromatic carbocycles. The molecule has 0 aliphatic rings. The molecule has 0 radical (unpaired) electrons. The van der Waals surface area contributed by atoms with Gasteiger partial charge in [-0.2, -0.15) is 0 Å². The Hall–Kier alpha value is -1.36. The highest BCUT2D eigenvalue weighted by Gasteiger charge is 2.19. The number of amides is 1. The summed E-state index contributed by atoms with van der Waals surface area (Å²) >= 11 is 1.60. The minimum absolute atomic E-state index is 0.208. The van der Waals surface area contributed by atoms with Crippen molar-refractivity contribution >= 4 is 23.2 Å². The fraction of sp³-hybridized carbons (Fsp3) is 0.455. The van der Waals surface area contributed by atoms with Crippen LogP contribution in [0, 0.1) is 5.92 Å². The molecule has 4 nitrogen and oxygen atoms in total. The second kappa shape index (κ2) is 5.65. The molecule has 1 unspecified atom stereocenters. The lowest BCUT2D eigenvalue weighted by molar-refractivity contribution is -0.141. The van der Waals surface area contributed by atoms with Gasteiger partial charge in [0, 0.05) is 10.8 Å². The molecule has 1 aromatic rings. The van der Waals surface area contributed by atoms with Crippen LogP contribution in [0.3, 0.4) is 0 Å². The van der Waals surface area contributed by atoms with Gasteiger partial charge in [0.05, 0.1) is 0 Å². The molecule has 1 aromatic heterocycles. The minimum Gasteiger partial charge on any atom is -0.480 e. The average Bonchev–Trinajstić information content (AvgIpc) is 2.69. The summed E-state index contributed by atoms with van der Waals surface area (Å²) in [5.41, 5.74) is 0. The number of rotatable bonds is 5. The Bertz CT molecular complexity index is 361. The fourth-order valence-corrected chi connectivity index (χ4v) is 2.08. The number of carbonyl (C=O) groups excluding carboxylic acids is 1. The fourth-order valence-electron chi connectivity index (χ4n) is 1.24.